The van der Waals surface area contributed by atoms with Gasteiger partial charge in [0.2, 0.25) is 0 Å². The zero-order valence-corrected chi connectivity index (χ0v) is 10.9. The number of rotatable bonds is 6. The van der Waals surface area contributed by atoms with Crippen LogP contribution in [0.15, 0.2) is 18.2 Å². The van der Waals surface area contributed by atoms with Crippen molar-refractivity contribution in [3.05, 3.63) is 23.8 Å². The van der Waals surface area contributed by atoms with Crippen molar-refractivity contribution in [3.8, 4) is 0 Å². The van der Waals surface area contributed by atoms with E-state index in [1.807, 2.05) is 0 Å². The highest BCUT2D eigenvalue weighted by Crippen LogP contribution is 2.22. The van der Waals surface area contributed by atoms with Crippen molar-refractivity contribution in [2.24, 2.45) is 0 Å². The molecule has 1 aromatic rings. The van der Waals surface area contributed by atoms with Gasteiger partial charge in [0.1, 0.15) is 0 Å². The second-order valence-corrected chi connectivity index (χ2v) is 4.81. The Morgan fingerprint density at radius 2 is 2.16 bits per heavy atom. The number of hydrogen-bond acceptors (Lipinski definition) is 4. The number of carboxylic acid groups (broad SMARTS) is 1. The number of ether oxygens (including phenoxy) is 1. The standard InChI is InChI=1S/C14H20N2O3/c15-12-6-5-10(14(17)18)9-13(12)16-7-8-19-11-3-1-2-4-11/h5-6,9,11,16H,1-4,7-8,15H2,(H,17,18). The van der Waals surface area contributed by atoms with E-state index in [2.05, 4.69) is 5.32 Å². The number of nitrogen functional groups attached to an aromatic ring is 1. The second-order valence-electron chi connectivity index (χ2n) is 4.81. The Hall–Kier alpha value is -1.75. The molecule has 0 radical (unpaired) electrons. The quantitative estimate of drug-likeness (QED) is 0.542. The fourth-order valence-electron chi connectivity index (χ4n) is 2.31. The third-order valence-electron chi connectivity index (χ3n) is 3.37. The average molecular weight is 264 g/mol. The van der Waals surface area contributed by atoms with Crippen LogP contribution in [-0.4, -0.2) is 30.3 Å². The molecule has 2 rings (SSSR count). The first-order valence-corrected chi connectivity index (χ1v) is 6.65. The molecule has 0 amide bonds. The Bertz CT molecular complexity index is 442. The van der Waals surface area contributed by atoms with Gasteiger partial charge in [-0.15, -0.1) is 0 Å². The van der Waals surface area contributed by atoms with E-state index in [0.717, 1.165) is 12.8 Å². The fraction of sp³-hybridized carbons (Fsp3) is 0.500. The molecule has 0 heterocycles. The van der Waals surface area contributed by atoms with Crippen LogP contribution < -0.4 is 11.1 Å². The number of carboxylic acids is 1. The highest BCUT2D eigenvalue weighted by molar-refractivity contribution is 5.90. The lowest BCUT2D eigenvalue weighted by molar-refractivity contribution is 0.0659. The summed E-state index contributed by atoms with van der Waals surface area (Å²) in [6, 6.07) is 4.65. The molecule has 5 nitrogen and oxygen atoms in total. The van der Waals surface area contributed by atoms with Crippen LogP contribution in [0.1, 0.15) is 36.0 Å². The minimum Gasteiger partial charge on any atom is -0.478 e. The van der Waals surface area contributed by atoms with E-state index in [9.17, 15) is 4.79 Å². The molecule has 4 N–H and O–H groups in total. The van der Waals surface area contributed by atoms with Crippen molar-refractivity contribution in [2.45, 2.75) is 31.8 Å². The highest BCUT2D eigenvalue weighted by Gasteiger charge is 2.14. The summed E-state index contributed by atoms with van der Waals surface area (Å²) < 4.78 is 5.72. The minimum absolute atomic E-state index is 0.230. The van der Waals surface area contributed by atoms with Gasteiger partial charge in [-0.25, -0.2) is 4.79 Å². The van der Waals surface area contributed by atoms with Crippen LogP contribution >= 0.6 is 0 Å². The van der Waals surface area contributed by atoms with Crippen LogP contribution in [0.4, 0.5) is 11.4 Å². The van der Waals surface area contributed by atoms with Gasteiger partial charge in [0.05, 0.1) is 29.6 Å². The Morgan fingerprint density at radius 1 is 1.42 bits per heavy atom. The molecule has 0 unspecified atom stereocenters. The molecule has 1 aliphatic carbocycles. The van der Waals surface area contributed by atoms with Crippen LogP contribution in [-0.2, 0) is 4.74 Å². The molecule has 1 aliphatic rings. The number of aromatic carboxylic acids is 1. The largest absolute Gasteiger partial charge is 0.478 e. The first-order valence-electron chi connectivity index (χ1n) is 6.65. The van der Waals surface area contributed by atoms with Crippen LogP contribution in [0.2, 0.25) is 0 Å². The van der Waals surface area contributed by atoms with Crippen LogP contribution in [0, 0.1) is 0 Å². The van der Waals surface area contributed by atoms with Crippen molar-refractivity contribution >= 4 is 17.3 Å². The summed E-state index contributed by atoms with van der Waals surface area (Å²) in [5, 5.41) is 12.0. The van der Waals surface area contributed by atoms with E-state index in [4.69, 9.17) is 15.6 Å². The van der Waals surface area contributed by atoms with E-state index in [1.54, 1.807) is 12.1 Å². The molecule has 5 heteroatoms. The van der Waals surface area contributed by atoms with Gasteiger partial charge in [0, 0.05) is 6.54 Å². The summed E-state index contributed by atoms with van der Waals surface area (Å²) in [5.41, 5.74) is 7.22. The van der Waals surface area contributed by atoms with Crippen LogP contribution in [0.5, 0.6) is 0 Å². The lowest BCUT2D eigenvalue weighted by atomic mass is 10.1. The Kier molecular flexibility index (Phi) is 4.63. The molecule has 0 bridgehead atoms. The van der Waals surface area contributed by atoms with Gasteiger partial charge in [-0.1, -0.05) is 12.8 Å². The highest BCUT2D eigenvalue weighted by atomic mass is 16.5. The lowest BCUT2D eigenvalue weighted by Crippen LogP contribution is -2.16. The molecule has 1 saturated carbocycles. The summed E-state index contributed by atoms with van der Waals surface area (Å²) in [7, 11) is 0. The molecule has 1 fully saturated rings. The number of nitrogens with one attached hydrogen (secondary N) is 1. The van der Waals surface area contributed by atoms with Crippen molar-refractivity contribution < 1.29 is 14.6 Å². The smallest absolute Gasteiger partial charge is 0.335 e. The predicted octanol–water partition coefficient (Wildman–Crippen LogP) is 2.34. The van der Waals surface area contributed by atoms with E-state index >= 15 is 0 Å². The molecule has 0 aromatic heterocycles. The molecule has 0 saturated heterocycles. The zero-order chi connectivity index (χ0) is 13.7. The van der Waals surface area contributed by atoms with E-state index in [0.29, 0.717) is 30.6 Å². The van der Waals surface area contributed by atoms with Gasteiger partial charge in [0.25, 0.3) is 0 Å². The number of carbonyl (C=O) groups is 1. The lowest BCUT2D eigenvalue weighted by Gasteiger charge is -2.13. The van der Waals surface area contributed by atoms with Gasteiger partial charge < -0.3 is 20.9 Å². The summed E-state index contributed by atoms with van der Waals surface area (Å²) in [5.74, 6) is -0.953. The molecule has 0 spiro atoms. The van der Waals surface area contributed by atoms with Gasteiger partial charge in [-0.2, -0.15) is 0 Å². The third-order valence-corrected chi connectivity index (χ3v) is 3.37. The van der Waals surface area contributed by atoms with Crippen LogP contribution in [0.3, 0.4) is 0 Å². The van der Waals surface area contributed by atoms with Gasteiger partial charge in [-0.3, -0.25) is 0 Å². The van der Waals surface area contributed by atoms with Crippen molar-refractivity contribution in [3.63, 3.8) is 0 Å². The van der Waals surface area contributed by atoms with E-state index < -0.39 is 5.97 Å². The molecule has 1 aromatic carbocycles. The minimum atomic E-state index is -0.953. The SMILES string of the molecule is Nc1ccc(C(=O)O)cc1NCCOC1CCCC1. The van der Waals surface area contributed by atoms with Crippen molar-refractivity contribution in [1.82, 2.24) is 0 Å². The number of hydrogen-bond donors (Lipinski definition) is 3. The normalized spacial score (nSPS) is 15.6. The summed E-state index contributed by atoms with van der Waals surface area (Å²) in [4.78, 5) is 10.9. The molecule has 0 atom stereocenters. The average Bonchev–Trinajstić information content (AvgIpc) is 2.89. The van der Waals surface area contributed by atoms with Gasteiger partial charge >= 0.3 is 5.97 Å². The number of anilines is 2. The van der Waals surface area contributed by atoms with Crippen molar-refractivity contribution in [1.29, 1.82) is 0 Å². The molecular formula is C14H20N2O3. The number of benzene rings is 1. The van der Waals surface area contributed by atoms with Crippen molar-refractivity contribution in [2.75, 3.05) is 24.2 Å². The maximum atomic E-state index is 10.9. The van der Waals surface area contributed by atoms with Gasteiger partial charge in [0.15, 0.2) is 0 Å². The molecular weight excluding hydrogens is 244 g/mol. The maximum Gasteiger partial charge on any atom is 0.335 e. The summed E-state index contributed by atoms with van der Waals surface area (Å²) in [6.45, 7) is 1.24. The maximum absolute atomic E-state index is 10.9. The monoisotopic (exact) mass is 264 g/mol. The molecule has 104 valence electrons. The Labute approximate surface area is 112 Å². The van der Waals surface area contributed by atoms with E-state index in [-0.39, 0.29) is 5.56 Å². The first kappa shape index (κ1) is 13.7. The fourth-order valence-corrected chi connectivity index (χ4v) is 2.31. The van der Waals surface area contributed by atoms with Crippen LogP contribution in [0.25, 0.3) is 0 Å². The van der Waals surface area contributed by atoms with E-state index in [1.165, 1.54) is 18.9 Å². The third kappa shape index (κ3) is 3.86. The topological polar surface area (TPSA) is 84.6 Å². The first-order chi connectivity index (χ1) is 9.16. The molecule has 19 heavy (non-hydrogen) atoms. The second kappa shape index (κ2) is 6.43. The summed E-state index contributed by atoms with van der Waals surface area (Å²) in [6.07, 6.45) is 5.20. The Balaban J connectivity index is 1.81. The summed E-state index contributed by atoms with van der Waals surface area (Å²) >= 11 is 0. The Morgan fingerprint density at radius 3 is 2.84 bits per heavy atom. The number of nitrogens with two attached hydrogens (primary N) is 1. The molecule has 0 aliphatic heterocycles. The zero-order valence-electron chi connectivity index (χ0n) is 10.9. The van der Waals surface area contributed by atoms with Gasteiger partial charge in [-0.05, 0) is 31.0 Å². The predicted molar refractivity (Wildman–Crippen MR) is 74.5 cm³/mol.